The number of hydrogen-bond donors (Lipinski definition) is 1. The lowest BCUT2D eigenvalue weighted by Gasteiger charge is -2.21. The third-order valence-electron chi connectivity index (χ3n) is 3.74. The van der Waals surface area contributed by atoms with Gasteiger partial charge in [-0.3, -0.25) is 4.79 Å². The predicted molar refractivity (Wildman–Crippen MR) is 68.5 cm³/mol. The van der Waals surface area contributed by atoms with Crippen LogP contribution in [0.15, 0.2) is 12.3 Å². The summed E-state index contributed by atoms with van der Waals surface area (Å²) in [6, 6.07) is 1.94. The first-order chi connectivity index (χ1) is 8.72. The molecule has 2 rings (SSSR count). The van der Waals surface area contributed by atoms with Crippen LogP contribution in [0.1, 0.15) is 68.8 Å². The molecule has 98 valence electrons. The van der Waals surface area contributed by atoms with Gasteiger partial charge in [0.15, 0.2) is 0 Å². The Labute approximate surface area is 107 Å². The molecule has 0 spiro atoms. The van der Waals surface area contributed by atoms with Crippen molar-refractivity contribution in [3.8, 4) is 0 Å². The van der Waals surface area contributed by atoms with E-state index in [0.717, 1.165) is 5.69 Å². The molecule has 0 saturated heterocycles. The van der Waals surface area contributed by atoms with Crippen molar-refractivity contribution in [1.29, 1.82) is 0 Å². The second-order valence-electron chi connectivity index (χ2n) is 4.97. The molecule has 0 aliphatic heterocycles. The SMILES string of the molecule is CCC(C(=O)O)c1nccc(C2CCCCC2)n1. The summed E-state index contributed by atoms with van der Waals surface area (Å²) in [6.07, 6.45) is 8.38. The maximum Gasteiger partial charge on any atom is 0.314 e. The summed E-state index contributed by atoms with van der Waals surface area (Å²) >= 11 is 0. The Kier molecular flexibility index (Phi) is 4.28. The molecular weight excluding hydrogens is 228 g/mol. The largest absolute Gasteiger partial charge is 0.481 e. The lowest BCUT2D eigenvalue weighted by molar-refractivity contribution is -0.139. The normalized spacial score (nSPS) is 18.5. The van der Waals surface area contributed by atoms with Gasteiger partial charge in [-0.15, -0.1) is 0 Å². The zero-order valence-electron chi connectivity index (χ0n) is 10.8. The van der Waals surface area contributed by atoms with Gasteiger partial charge in [-0.05, 0) is 25.3 Å². The number of carboxylic acid groups (broad SMARTS) is 1. The van der Waals surface area contributed by atoms with Crippen molar-refractivity contribution in [1.82, 2.24) is 9.97 Å². The van der Waals surface area contributed by atoms with Gasteiger partial charge < -0.3 is 5.11 Å². The molecule has 1 saturated carbocycles. The smallest absolute Gasteiger partial charge is 0.314 e. The number of nitrogens with zero attached hydrogens (tertiary/aromatic N) is 2. The van der Waals surface area contributed by atoms with E-state index in [0.29, 0.717) is 18.2 Å². The highest BCUT2D eigenvalue weighted by Crippen LogP contribution is 2.31. The van der Waals surface area contributed by atoms with Gasteiger partial charge in [-0.2, -0.15) is 0 Å². The molecular formula is C14H20N2O2. The Morgan fingerprint density at radius 1 is 1.44 bits per heavy atom. The fourth-order valence-electron chi connectivity index (χ4n) is 2.65. The monoisotopic (exact) mass is 248 g/mol. The van der Waals surface area contributed by atoms with Crippen LogP contribution in [0.3, 0.4) is 0 Å². The van der Waals surface area contributed by atoms with Crippen molar-refractivity contribution in [2.45, 2.75) is 57.3 Å². The third kappa shape index (κ3) is 2.86. The Morgan fingerprint density at radius 3 is 2.78 bits per heavy atom. The van der Waals surface area contributed by atoms with Crippen molar-refractivity contribution in [3.63, 3.8) is 0 Å². The van der Waals surface area contributed by atoms with Crippen LogP contribution in [0, 0.1) is 0 Å². The van der Waals surface area contributed by atoms with E-state index in [1.165, 1.54) is 32.1 Å². The Balaban J connectivity index is 2.20. The maximum atomic E-state index is 11.1. The van der Waals surface area contributed by atoms with Crippen LogP contribution in [0.5, 0.6) is 0 Å². The summed E-state index contributed by atoms with van der Waals surface area (Å²) in [5, 5.41) is 9.15. The number of aliphatic carboxylic acids is 1. The molecule has 1 heterocycles. The minimum atomic E-state index is -0.835. The fraction of sp³-hybridized carbons (Fsp3) is 0.643. The van der Waals surface area contributed by atoms with Gasteiger partial charge in [0, 0.05) is 17.8 Å². The summed E-state index contributed by atoms with van der Waals surface area (Å²) < 4.78 is 0. The Bertz CT molecular complexity index is 414. The minimum absolute atomic E-state index is 0.466. The predicted octanol–water partition coefficient (Wildman–Crippen LogP) is 3.10. The van der Waals surface area contributed by atoms with E-state index in [1.54, 1.807) is 6.20 Å². The summed E-state index contributed by atoms with van der Waals surface area (Å²) in [7, 11) is 0. The Morgan fingerprint density at radius 2 is 2.17 bits per heavy atom. The number of carboxylic acids is 1. The molecule has 4 nitrogen and oxygen atoms in total. The van der Waals surface area contributed by atoms with E-state index in [2.05, 4.69) is 9.97 Å². The van der Waals surface area contributed by atoms with E-state index in [-0.39, 0.29) is 0 Å². The van der Waals surface area contributed by atoms with Crippen molar-refractivity contribution in [3.05, 3.63) is 23.8 Å². The number of rotatable bonds is 4. The summed E-state index contributed by atoms with van der Waals surface area (Å²) in [5.74, 6) is -0.452. The average molecular weight is 248 g/mol. The summed E-state index contributed by atoms with van der Waals surface area (Å²) in [6.45, 7) is 1.86. The first-order valence-corrected chi connectivity index (χ1v) is 6.78. The van der Waals surface area contributed by atoms with Gasteiger partial charge in [0.25, 0.3) is 0 Å². The number of carbonyl (C=O) groups is 1. The highest BCUT2D eigenvalue weighted by atomic mass is 16.4. The molecule has 0 radical (unpaired) electrons. The van der Waals surface area contributed by atoms with Crippen LogP contribution in [-0.2, 0) is 4.79 Å². The summed E-state index contributed by atoms with van der Waals surface area (Å²) in [5.41, 5.74) is 1.03. The highest BCUT2D eigenvalue weighted by Gasteiger charge is 2.23. The number of aromatic nitrogens is 2. The zero-order valence-corrected chi connectivity index (χ0v) is 10.8. The molecule has 4 heteroatoms. The van der Waals surface area contributed by atoms with Crippen LogP contribution in [0.25, 0.3) is 0 Å². The summed E-state index contributed by atoms with van der Waals surface area (Å²) in [4.78, 5) is 19.8. The van der Waals surface area contributed by atoms with E-state index in [1.807, 2.05) is 13.0 Å². The topological polar surface area (TPSA) is 63.1 Å². The van der Waals surface area contributed by atoms with Crippen LogP contribution < -0.4 is 0 Å². The molecule has 0 aromatic carbocycles. The van der Waals surface area contributed by atoms with Crippen LogP contribution in [0.2, 0.25) is 0 Å². The fourth-order valence-corrected chi connectivity index (χ4v) is 2.65. The molecule has 1 atom stereocenters. The van der Waals surface area contributed by atoms with Crippen molar-refractivity contribution < 1.29 is 9.90 Å². The van der Waals surface area contributed by atoms with Crippen molar-refractivity contribution in [2.24, 2.45) is 0 Å². The van der Waals surface area contributed by atoms with Gasteiger partial charge in [0.2, 0.25) is 0 Å². The molecule has 1 fully saturated rings. The second kappa shape index (κ2) is 5.94. The van der Waals surface area contributed by atoms with Gasteiger partial charge >= 0.3 is 5.97 Å². The standard InChI is InChI=1S/C14H20N2O2/c1-2-11(14(17)18)13-15-9-8-12(16-13)10-6-4-3-5-7-10/h8-11H,2-7H2,1H3,(H,17,18). The molecule has 0 bridgehead atoms. The van der Waals surface area contributed by atoms with Gasteiger partial charge in [-0.25, -0.2) is 9.97 Å². The van der Waals surface area contributed by atoms with Crippen LogP contribution in [0.4, 0.5) is 0 Å². The van der Waals surface area contributed by atoms with E-state index >= 15 is 0 Å². The van der Waals surface area contributed by atoms with E-state index in [9.17, 15) is 4.79 Å². The van der Waals surface area contributed by atoms with E-state index < -0.39 is 11.9 Å². The second-order valence-corrected chi connectivity index (χ2v) is 4.97. The first-order valence-electron chi connectivity index (χ1n) is 6.78. The lowest BCUT2D eigenvalue weighted by atomic mass is 9.87. The molecule has 1 aliphatic carbocycles. The van der Waals surface area contributed by atoms with Crippen molar-refractivity contribution in [2.75, 3.05) is 0 Å². The number of hydrogen-bond acceptors (Lipinski definition) is 3. The zero-order chi connectivity index (χ0) is 13.0. The van der Waals surface area contributed by atoms with Gasteiger partial charge in [0.1, 0.15) is 11.7 Å². The van der Waals surface area contributed by atoms with Crippen LogP contribution in [-0.4, -0.2) is 21.0 Å². The highest BCUT2D eigenvalue weighted by molar-refractivity contribution is 5.74. The molecule has 1 aromatic rings. The van der Waals surface area contributed by atoms with Gasteiger partial charge in [-0.1, -0.05) is 26.2 Å². The van der Waals surface area contributed by atoms with Crippen molar-refractivity contribution >= 4 is 5.97 Å². The minimum Gasteiger partial charge on any atom is -0.481 e. The quantitative estimate of drug-likeness (QED) is 0.889. The molecule has 1 unspecified atom stereocenters. The Hall–Kier alpha value is -1.45. The lowest BCUT2D eigenvalue weighted by Crippen LogP contribution is -2.16. The van der Waals surface area contributed by atoms with Crippen LogP contribution >= 0.6 is 0 Å². The first kappa shape index (κ1) is 13.0. The molecule has 0 amide bonds. The third-order valence-corrected chi connectivity index (χ3v) is 3.74. The molecule has 18 heavy (non-hydrogen) atoms. The van der Waals surface area contributed by atoms with E-state index in [4.69, 9.17) is 5.11 Å². The molecule has 1 N–H and O–H groups in total. The molecule has 1 aromatic heterocycles. The maximum absolute atomic E-state index is 11.1. The molecule has 1 aliphatic rings. The average Bonchev–Trinajstić information content (AvgIpc) is 2.40. The van der Waals surface area contributed by atoms with Gasteiger partial charge in [0.05, 0.1) is 0 Å².